The van der Waals surface area contributed by atoms with Crippen molar-refractivity contribution in [2.24, 2.45) is 11.8 Å². The number of rotatable bonds is 7. The summed E-state index contributed by atoms with van der Waals surface area (Å²) in [5.74, 6) is -1.29. The van der Waals surface area contributed by atoms with Gasteiger partial charge in [0.15, 0.2) is 0 Å². The highest BCUT2D eigenvalue weighted by Gasteiger charge is 2.73. The van der Waals surface area contributed by atoms with E-state index in [1.54, 1.807) is 50.7 Å². The highest BCUT2D eigenvalue weighted by molar-refractivity contribution is 8.02. The minimum Gasteiger partial charge on any atom is -0.494 e. The van der Waals surface area contributed by atoms with Crippen molar-refractivity contribution in [2.75, 3.05) is 42.6 Å². The lowest BCUT2D eigenvalue weighted by Crippen LogP contribution is -2.53. The van der Waals surface area contributed by atoms with Gasteiger partial charge in [-0.05, 0) is 68.8 Å². The average Bonchev–Trinajstić information content (AvgIpc) is 3.24. The van der Waals surface area contributed by atoms with E-state index in [9.17, 15) is 19.5 Å². The number of carbonyl (C=O) groups is 3. The third-order valence-corrected chi connectivity index (χ3v) is 10.8. The number of fused-ring (bicyclic) bond motifs is 2. The molecule has 0 aromatic heterocycles. The number of anilines is 2. The van der Waals surface area contributed by atoms with Crippen LogP contribution >= 0.6 is 23.4 Å². The SMILES string of the molecule is CCOc1ccc(N2CC=C[C@@]3(C)S[C@]45C=CCN(c6ccc(Cl)cc6)C(=O)C4N(CCCO)C(=O)[C@@H]5[C@H]3C2=O)cc1. The third kappa shape index (κ3) is 4.53. The van der Waals surface area contributed by atoms with E-state index in [-0.39, 0.29) is 30.9 Å². The van der Waals surface area contributed by atoms with Crippen molar-refractivity contribution >= 4 is 52.5 Å². The van der Waals surface area contributed by atoms with Crippen LogP contribution in [0, 0.1) is 11.8 Å². The summed E-state index contributed by atoms with van der Waals surface area (Å²) in [6, 6.07) is 13.7. The summed E-state index contributed by atoms with van der Waals surface area (Å²) in [6.45, 7) is 5.30. The van der Waals surface area contributed by atoms with Crippen molar-refractivity contribution in [1.82, 2.24) is 4.90 Å². The number of hydrogen-bond donors (Lipinski definition) is 1. The number of thioether (sulfide) groups is 1. The van der Waals surface area contributed by atoms with Gasteiger partial charge in [0.2, 0.25) is 11.8 Å². The Morgan fingerprint density at radius 3 is 2.17 bits per heavy atom. The maximum Gasteiger partial charge on any atom is 0.251 e. The number of nitrogens with zero attached hydrogens (tertiary/aromatic N) is 3. The molecular formula is C32H34ClN3O5S. The van der Waals surface area contributed by atoms with Gasteiger partial charge in [0, 0.05) is 47.4 Å². The molecule has 0 radical (unpaired) electrons. The van der Waals surface area contributed by atoms with E-state index in [0.717, 1.165) is 11.4 Å². The van der Waals surface area contributed by atoms with E-state index >= 15 is 0 Å². The van der Waals surface area contributed by atoms with Gasteiger partial charge >= 0.3 is 0 Å². The first-order valence-corrected chi connectivity index (χ1v) is 15.5. The van der Waals surface area contributed by atoms with Crippen LogP contribution in [0.1, 0.15) is 20.3 Å². The number of aliphatic hydroxyl groups excluding tert-OH is 1. The number of benzene rings is 2. The number of likely N-dealkylation sites (tertiary alicyclic amines) is 1. The molecule has 0 saturated carbocycles. The van der Waals surface area contributed by atoms with Crippen LogP contribution in [0.4, 0.5) is 11.4 Å². The molecule has 1 N–H and O–H groups in total. The molecule has 3 amide bonds. The van der Waals surface area contributed by atoms with Gasteiger partial charge in [-0.1, -0.05) is 35.9 Å². The minimum atomic E-state index is -0.952. The normalized spacial score (nSPS) is 30.2. The van der Waals surface area contributed by atoms with Crippen LogP contribution in [-0.2, 0) is 14.4 Å². The van der Waals surface area contributed by atoms with E-state index in [2.05, 4.69) is 0 Å². The van der Waals surface area contributed by atoms with Gasteiger partial charge < -0.3 is 24.5 Å². The molecule has 2 aromatic carbocycles. The molecular weight excluding hydrogens is 574 g/mol. The van der Waals surface area contributed by atoms with Gasteiger partial charge in [-0.25, -0.2) is 0 Å². The monoisotopic (exact) mass is 607 g/mol. The molecule has 2 saturated heterocycles. The number of amides is 3. The molecule has 42 heavy (non-hydrogen) atoms. The third-order valence-electron chi connectivity index (χ3n) is 8.71. The first kappa shape index (κ1) is 28.8. The maximum atomic E-state index is 14.5. The van der Waals surface area contributed by atoms with Crippen molar-refractivity contribution in [3.63, 3.8) is 0 Å². The van der Waals surface area contributed by atoms with E-state index in [1.807, 2.05) is 62.4 Å². The molecule has 1 spiro atoms. The summed E-state index contributed by atoms with van der Waals surface area (Å²) >= 11 is 7.67. The van der Waals surface area contributed by atoms with E-state index < -0.39 is 27.4 Å². The summed E-state index contributed by atoms with van der Waals surface area (Å²) in [4.78, 5) is 48.4. The lowest BCUT2D eigenvalue weighted by molar-refractivity contribution is -0.139. The fourth-order valence-corrected chi connectivity index (χ4v) is 9.26. The maximum absolute atomic E-state index is 14.5. The van der Waals surface area contributed by atoms with Crippen LogP contribution in [-0.4, -0.2) is 76.1 Å². The Bertz CT molecular complexity index is 1450. The molecule has 0 aliphatic carbocycles. The van der Waals surface area contributed by atoms with Crippen molar-refractivity contribution in [1.29, 1.82) is 0 Å². The fourth-order valence-electron chi connectivity index (χ4n) is 6.98. The molecule has 0 bridgehead atoms. The first-order valence-electron chi connectivity index (χ1n) is 14.3. The second-order valence-electron chi connectivity index (χ2n) is 11.2. The van der Waals surface area contributed by atoms with Crippen LogP contribution in [0.5, 0.6) is 5.75 Å². The number of hydrogen-bond acceptors (Lipinski definition) is 6. The predicted molar refractivity (Wildman–Crippen MR) is 165 cm³/mol. The standard InChI is InChI=1S/C32H34ClN3O5S/c1-3-41-24-13-11-23(12-14-24)34-17-4-15-31(2)25(28(34)38)26-29(39)36(19-6-20-37)27-30(40)35(18-5-16-32(26,27)42-31)22-9-7-21(33)8-10-22/h4-5,7-16,25-27,37H,3,6,17-20H2,1-2H3/t25-,26-,27?,31+,32-/m0/s1. The Hall–Kier alpha value is -3.27. The molecule has 4 aliphatic rings. The van der Waals surface area contributed by atoms with Crippen molar-refractivity contribution in [3.8, 4) is 5.75 Å². The molecule has 6 rings (SSSR count). The second-order valence-corrected chi connectivity index (χ2v) is 13.4. The lowest BCUT2D eigenvalue weighted by atomic mass is 9.74. The Labute approximate surface area is 254 Å². The summed E-state index contributed by atoms with van der Waals surface area (Å²) in [6.07, 6.45) is 8.32. The zero-order valence-electron chi connectivity index (χ0n) is 23.6. The molecule has 2 aromatic rings. The van der Waals surface area contributed by atoms with Crippen molar-refractivity contribution in [2.45, 2.75) is 35.8 Å². The fraction of sp³-hybridized carbons (Fsp3) is 0.406. The molecule has 1 unspecified atom stereocenters. The average molecular weight is 608 g/mol. The van der Waals surface area contributed by atoms with Gasteiger partial charge in [0.05, 0.1) is 23.2 Å². The zero-order valence-corrected chi connectivity index (χ0v) is 25.2. The molecule has 220 valence electrons. The van der Waals surface area contributed by atoms with Crippen molar-refractivity contribution in [3.05, 3.63) is 77.9 Å². The number of carbonyl (C=O) groups excluding carboxylic acids is 3. The van der Waals surface area contributed by atoms with Crippen LogP contribution in [0.3, 0.4) is 0 Å². The van der Waals surface area contributed by atoms with E-state index in [0.29, 0.717) is 36.8 Å². The van der Waals surface area contributed by atoms with Crippen LogP contribution in [0.25, 0.3) is 0 Å². The molecule has 4 aliphatic heterocycles. The molecule has 10 heteroatoms. The number of aliphatic hydroxyl groups is 1. The summed E-state index contributed by atoms with van der Waals surface area (Å²) in [5.41, 5.74) is 1.41. The van der Waals surface area contributed by atoms with Gasteiger partial charge in [0.25, 0.3) is 5.91 Å². The summed E-state index contributed by atoms with van der Waals surface area (Å²) in [7, 11) is 0. The summed E-state index contributed by atoms with van der Waals surface area (Å²) < 4.78 is 3.93. The Morgan fingerprint density at radius 1 is 0.905 bits per heavy atom. The molecule has 2 fully saturated rings. The van der Waals surface area contributed by atoms with Crippen LogP contribution < -0.4 is 14.5 Å². The molecule has 4 heterocycles. The highest BCUT2D eigenvalue weighted by atomic mass is 35.5. The number of halogens is 1. The predicted octanol–water partition coefficient (Wildman–Crippen LogP) is 4.31. The Balaban J connectivity index is 1.42. The van der Waals surface area contributed by atoms with Crippen LogP contribution in [0.2, 0.25) is 5.02 Å². The van der Waals surface area contributed by atoms with Gasteiger partial charge in [-0.3, -0.25) is 14.4 Å². The van der Waals surface area contributed by atoms with E-state index in [1.165, 1.54) is 0 Å². The van der Waals surface area contributed by atoms with Crippen LogP contribution in [0.15, 0.2) is 72.8 Å². The minimum absolute atomic E-state index is 0.111. The quantitative estimate of drug-likeness (QED) is 0.472. The van der Waals surface area contributed by atoms with Gasteiger partial charge in [-0.15, -0.1) is 11.8 Å². The largest absolute Gasteiger partial charge is 0.494 e. The molecule has 5 atom stereocenters. The zero-order chi connectivity index (χ0) is 29.6. The lowest BCUT2D eigenvalue weighted by Gasteiger charge is -2.36. The smallest absolute Gasteiger partial charge is 0.251 e. The Morgan fingerprint density at radius 2 is 1.52 bits per heavy atom. The second kappa shape index (κ2) is 11.1. The topological polar surface area (TPSA) is 90.4 Å². The van der Waals surface area contributed by atoms with Crippen molar-refractivity contribution < 1.29 is 24.2 Å². The summed E-state index contributed by atoms with van der Waals surface area (Å²) in [5, 5.41) is 10.2. The number of ether oxygens (including phenoxy) is 1. The highest BCUT2D eigenvalue weighted by Crippen LogP contribution is 2.65. The van der Waals surface area contributed by atoms with Gasteiger partial charge in [-0.2, -0.15) is 0 Å². The Kier molecular flexibility index (Phi) is 7.62. The van der Waals surface area contributed by atoms with E-state index in [4.69, 9.17) is 16.3 Å². The first-order chi connectivity index (χ1) is 20.2. The molecule has 8 nitrogen and oxygen atoms in total. The van der Waals surface area contributed by atoms with Gasteiger partial charge in [0.1, 0.15) is 11.8 Å².